The highest BCUT2D eigenvalue weighted by atomic mass is 19.1. The molecule has 112 valence electrons. The van der Waals surface area contributed by atoms with Crippen LogP contribution < -0.4 is 10.1 Å². The fourth-order valence-electron chi connectivity index (χ4n) is 2.44. The molecule has 5 heteroatoms. The molecule has 1 aromatic heterocycles. The molecule has 1 unspecified atom stereocenters. The van der Waals surface area contributed by atoms with Crippen LogP contribution in [0.3, 0.4) is 0 Å². The minimum absolute atomic E-state index is 0.226. The van der Waals surface area contributed by atoms with Crippen LogP contribution in [0.1, 0.15) is 35.3 Å². The Morgan fingerprint density at radius 1 is 1.24 bits per heavy atom. The van der Waals surface area contributed by atoms with Gasteiger partial charge in [-0.3, -0.25) is 0 Å². The second-order valence-electron chi connectivity index (χ2n) is 4.97. The number of nitrogens with one attached hydrogen (secondary N) is 1. The predicted octanol–water partition coefficient (Wildman–Crippen LogP) is 2.94. The summed E-state index contributed by atoms with van der Waals surface area (Å²) in [6.07, 6.45) is 0. The van der Waals surface area contributed by atoms with Gasteiger partial charge in [-0.2, -0.15) is 0 Å². The number of benzene rings is 1. The zero-order valence-electron chi connectivity index (χ0n) is 12.8. The first-order valence-electron chi connectivity index (χ1n) is 6.94. The van der Waals surface area contributed by atoms with Crippen molar-refractivity contribution in [3.05, 3.63) is 52.5 Å². The zero-order chi connectivity index (χ0) is 15.4. The number of halogens is 1. The van der Waals surface area contributed by atoms with Gasteiger partial charge in [0, 0.05) is 11.6 Å². The van der Waals surface area contributed by atoms with Gasteiger partial charge < -0.3 is 10.1 Å². The van der Waals surface area contributed by atoms with Gasteiger partial charge in [0.15, 0.2) is 0 Å². The molecule has 0 bridgehead atoms. The minimum Gasteiger partial charge on any atom is -0.480 e. The summed E-state index contributed by atoms with van der Waals surface area (Å²) in [5.41, 5.74) is 3.09. The topological polar surface area (TPSA) is 47.0 Å². The normalized spacial score (nSPS) is 12.2. The van der Waals surface area contributed by atoms with Crippen LogP contribution >= 0.6 is 0 Å². The van der Waals surface area contributed by atoms with Crippen LogP contribution in [0.5, 0.6) is 5.88 Å². The van der Waals surface area contributed by atoms with Crippen LogP contribution in [0.25, 0.3) is 0 Å². The van der Waals surface area contributed by atoms with Crippen molar-refractivity contribution in [3.63, 3.8) is 0 Å². The van der Waals surface area contributed by atoms with E-state index in [4.69, 9.17) is 4.74 Å². The maximum atomic E-state index is 14.4. The van der Waals surface area contributed by atoms with Gasteiger partial charge in [0.1, 0.15) is 5.82 Å². The minimum atomic E-state index is -0.325. The standard InChI is InChI=1S/C16H20FN3O/c1-5-18-16(13-6-7-14(21-4)20-19-13)15-11(3)8-10(2)9-12(15)17/h6-9,16,18H,5H2,1-4H3. The number of methoxy groups -OCH3 is 1. The average molecular weight is 289 g/mol. The van der Waals surface area contributed by atoms with E-state index < -0.39 is 0 Å². The van der Waals surface area contributed by atoms with E-state index in [1.807, 2.05) is 26.8 Å². The lowest BCUT2D eigenvalue weighted by Gasteiger charge is -2.20. The van der Waals surface area contributed by atoms with Crippen molar-refractivity contribution < 1.29 is 9.13 Å². The number of ether oxygens (including phenoxy) is 1. The van der Waals surface area contributed by atoms with Gasteiger partial charge in [-0.15, -0.1) is 10.2 Å². The summed E-state index contributed by atoms with van der Waals surface area (Å²) >= 11 is 0. The molecular weight excluding hydrogens is 269 g/mol. The SMILES string of the molecule is CCNC(c1ccc(OC)nn1)c1c(C)cc(C)cc1F. The maximum absolute atomic E-state index is 14.4. The number of aryl methyl sites for hydroxylation is 2. The highest BCUT2D eigenvalue weighted by molar-refractivity contribution is 5.38. The summed E-state index contributed by atoms with van der Waals surface area (Å²) < 4.78 is 19.4. The van der Waals surface area contributed by atoms with Gasteiger partial charge in [0.05, 0.1) is 18.8 Å². The highest BCUT2D eigenvalue weighted by Crippen LogP contribution is 2.27. The molecule has 0 aliphatic carbocycles. The molecule has 1 atom stereocenters. The summed E-state index contributed by atoms with van der Waals surface area (Å²) in [6, 6.07) is 6.73. The predicted molar refractivity (Wildman–Crippen MR) is 80.0 cm³/mol. The Bertz CT molecular complexity index is 590. The Morgan fingerprint density at radius 3 is 2.52 bits per heavy atom. The van der Waals surface area contributed by atoms with Gasteiger partial charge in [-0.05, 0) is 43.7 Å². The Hall–Kier alpha value is -2.01. The van der Waals surface area contributed by atoms with Crippen molar-refractivity contribution >= 4 is 0 Å². The molecule has 21 heavy (non-hydrogen) atoms. The van der Waals surface area contributed by atoms with Crippen LogP contribution in [-0.4, -0.2) is 23.9 Å². The third kappa shape index (κ3) is 3.36. The third-order valence-electron chi connectivity index (χ3n) is 3.34. The van der Waals surface area contributed by atoms with E-state index in [-0.39, 0.29) is 11.9 Å². The summed E-state index contributed by atoms with van der Waals surface area (Å²) in [4.78, 5) is 0. The first-order chi connectivity index (χ1) is 10.1. The van der Waals surface area contributed by atoms with Gasteiger partial charge in [0.2, 0.25) is 5.88 Å². The summed E-state index contributed by atoms with van der Waals surface area (Å²) in [5, 5.41) is 11.4. The number of hydrogen-bond acceptors (Lipinski definition) is 4. The van der Waals surface area contributed by atoms with Gasteiger partial charge in [0.25, 0.3) is 0 Å². The molecular formula is C16H20FN3O. The fourth-order valence-corrected chi connectivity index (χ4v) is 2.44. The molecule has 0 saturated heterocycles. The molecule has 1 aromatic carbocycles. The Morgan fingerprint density at radius 2 is 2.00 bits per heavy atom. The molecule has 2 aromatic rings. The Balaban J connectivity index is 2.47. The number of rotatable bonds is 5. The molecule has 0 radical (unpaired) electrons. The van der Waals surface area contributed by atoms with Crippen LogP contribution in [0.15, 0.2) is 24.3 Å². The van der Waals surface area contributed by atoms with Crippen LogP contribution in [0.2, 0.25) is 0 Å². The van der Waals surface area contributed by atoms with E-state index in [1.165, 1.54) is 7.11 Å². The number of nitrogens with zero attached hydrogens (tertiary/aromatic N) is 2. The van der Waals surface area contributed by atoms with Crippen molar-refractivity contribution in [3.8, 4) is 5.88 Å². The van der Waals surface area contributed by atoms with Crippen LogP contribution in [0.4, 0.5) is 4.39 Å². The van der Waals surface area contributed by atoms with E-state index in [0.717, 1.165) is 11.1 Å². The van der Waals surface area contributed by atoms with Crippen molar-refractivity contribution in [2.24, 2.45) is 0 Å². The Labute approximate surface area is 124 Å². The van der Waals surface area contributed by atoms with Crippen molar-refractivity contribution in [2.75, 3.05) is 13.7 Å². The molecule has 0 amide bonds. The lowest BCUT2D eigenvalue weighted by molar-refractivity contribution is 0.390. The monoisotopic (exact) mass is 289 g/mol. The van der Waals surface area contributed by atoms with E-state index in [0.29, 0.717) is 23.7 Å². The molecule has 0 spiro atoms. The summed E-state index contributed by atoms with van der Waals surface area (Å²) in [7, 11) is 1.54. The fraction of sp³-hybridized carbons (Fsp3) is 0.375. The second kappa shape index (κ2) is 6.63. The number of aromatic nitrogens is 2. The van der Waals surface area contributed by atoms with Crippen molar-refractivity contribution in [2.45, 2.75) is 26.8 Å². The van der Waals surface area contributed by atoms with Gasteiger partial charge in [-0.1, -0.05) is 13.0 Å². The maximum Gasteiger partial charge on any atom is 0.233 e. The van der Waals surface area contributed by atoms with E-state index in [9.17, 15) is 4.39 Å². The summed E-state index contributed by atoms with van der Waals surface area (Å²) in [5.74, 6) is 0.214. The average Bonchev–Trinajstić information content (AvgIpc) is 2.45. The summed E-state index contributed by atoms with van der Waals surface area (Å²) in [6.45, 7) is 6.47. The molecule has 0 aliphatic rings. The van der Waals surface area contributed by atoms with E-state index >= 15 is 0 Å². The van der Waals surface area contributed by atoms with Gasteiger partial charge in [-0.25, -0.2) is 4.39 Å². The molecule has 1 heterocycles. The van der Waals surface area contributed by atoms with E-state index in [1.54, 1.807) is 18.2 Å². The smallest absolute Gasteiger partial charge is 0.233 e. The van der Waals surface area contributed by atoms with Crippen molar-refractivity contribution in [1.82, 2.24) is 15.5 Å². The number of hydrogen-bond donors (Lipinski definition) is 1. The molecule has 0 saturated carbocycles. The molecule has 2 rings (SSSR count). The van der Waals surface area contributed by atoms with Gasteiger partial charge >= 0.3 is 0 Å². The molecule has 0 aliphatic heterocycles. The quantitative estimate of drug-likeness (QED) is 0.919. The molecule has 1 N–H and O–H groups in total. The lowest BCUT2D eigenvalue weighted by Crippen LogP contribution is -2.25. The highest BCUT2D eigenvalue weighted by Gasteiger charge is 2.21. The second-order valence-corrected chi connectivity index (χ2v) is 4.97. The molecule has 4 nitrogen and oxygen atoms in total. The van der Waals surface area contributed by atoms with Crippen molar-refractivity contribution in [1.29, 1.82) is 0 Å². The largest absolute Gasteiger partial charge is 0.480 e. The zero-order valence-corrected chi connectivity index (χ0v) is 12.8. The van der Waals surface area contributed by atoms with E-state index in [2.05, 4.69) is 15.5 Å². The third-order valence-corrected chi connectivity index (χ3v) is 3.34. The lowest BCUT2D eigenvalue weighted by atomic mass is 9.96. The first-order valence-corrected chi connectivity index (χ1v) is 6.94. The first kappa shape index (κ1) is 15.4. The van der Waals surface area contributed by atoms with Crippen LogP contribution in [0, 0.1) is 19.7 Å². The molecule has 0 fully saturated rings. The van der Waals surface area contributed by atoms with Crippen LogP contribution in [-0.2, 0) is 0 Å². The Kier molecular flexibility index (Phi) is 4.85.